The van der Waals surface area contributed by atoms with Gasteiger partial charge < -0.3 is 5.11 Å². The van der Waals surface area contributed by atoms with Crippen molar-refractivity contribution in [2.45, 2.75) is 30.9 Å². The van der Waals surface area contributed by atoms with Crippen LogP contribution in [-0.2, 0) is 15.1 Å². The minimum Gasteiger partial charge on any atom is -0.390 e. The largest absolute Gasteiger partial charge is 0.390 e. The van der Waals surface area contributed by atoms with Crippen LogP contribution >= 0.6 is 0 Å². The topological polar surface area (TPSA) is 57.6 Å². The Bertz CT molecular complexity index is 1120. The summed E-state index contributed by atoms with van der Waals surface area (Å²) >= 11 is 0. The molecule has 3 aliphatic rings. The average molecular weight is 409 g/mol. The van der Waals surface area contributed by atoms with Crippen molar-refractivity contribution in [2.24, 2.45) is 11.8 Å². The molecule has 5 rings (SSSR count). The van der Waals surface area contributed by atoms with Gasteiger partial charge in [-0.15, -0.1) is 0 Å². The van der Waals surface area contributed by atoms with Gasteiger partial charge in [0.05, 0.1) is 23.0 Å². The molecule has 4 nitrogen and oxygen atoms in total. The van der Waals surface area contributed by atoms with Crippen LogP contribution in [0.25, 0.3) is 0 Å². The lowest BCUT2D eigenvalue weighted by Crippen LogP contribution is -2.63. The zero-order valence-corrected chi connectivity index (χ0v) is 17.3. The molecule has 4 heteroatoms. The molecule has 154 valence electrons. The lowest BCUT2D eigenvalue weighted by Gasteiger charge is -2.55. The molecule has 1 aliphatic heterocycles. The van der Waals surface area contributed by atoms with Crippen LogP contribution in [0.3, 0.4) is 0 Å². The number of allylic oxidation sites excluding steroid dienone is 2. The van der Waals surface area contributed by atoms with E-state index in [0.717, 1.165) is 16.7 Å². The molecule has 1 saturated carbocycles. The van der Waals surface area contributed by atoms with E-state index in [1.54, 1.807) is 19.1 Å². The Morgan fingerprint density at radius 3 is 1.87 bits per heavy atom. The van der Waals surface area contributed by atoms with Crippen molar-refractivity contribution in [3.63, 3.8) is 0 Å². The van der Waals surface area contributed by atoms with Crippen molar-refractivity contribution < 1.29 is 14.7 Å². The van der Waals surface area contributed by atoms with Crippen molar-refractivity contribution in [1.29, 1.82) is 0 Å². The summed E-state index contributed by atoms with van der Waals surface area (Å²) in [6.45, 7) is 1.75. The fraction of sp³-hybridized carbons (Fsp3) is 0.259. The van der Waals surface area contributed by atoms with Crippen LogP contribution in [0.2, 0.25) is 0 Å². The molecule has 2 amide bonds. The minimum absolute atomic E-state index is 0.181. The zero-order valence-electron chi connectivity index (χ0n) is 17.3. The van der Waals surface area contributed by atoms with Crippen LogP contribution in [0.4, 0.5) is 0 Å². The summed E-state index contributed by atoms with van der Waals surface area (Å²) in [6.07, 6.45) is 7.91. The van der Waals surface area contributed by atoms with Crippen molar-refractivity contribution in [1.82, 2.24) is 4.90 Å². The molecule has 2 unspecified atom stereocenters. The first-order chi connectivity index (χ1) is 14.9. The number of likely N-dealkylation sites (tertiary alicyclic amines) is 1. The highest BCUT2D eigenvalue weighted by Gasteiger charge is 2.63. The summed E-state index contributed by atoms with van der Waals surface area (Å²) in [5.74, 6) is 5.03. The Labute approximate surface area is 181 Å². The second kappa shape index (κ2) is 7.08. The molecule has 1 heterocycles. The second-order valence-corrected chi connectivity index (χ2v) is 8.91. The highest BCUT2D eigenvalue weighted by molar-refractivity contribution is 6.08. The molecule has 1 saturated heterocycles. The standard InChI is InChI=1S/C27H23NO3/c1-26(31)17-27(18-26,28-24(29)22-9-5-6-10-23(22)25(28)30)21-15-13-20(14-16-21)12-11-19-7-3-2-4-8-19/h2-10,13-16,22-23,31H,17-18H2,1H3. The van der Waals surface area contributed by atoms with Crippen LogP contribution in [0.15, 0.2) is 78.9 Å². The predicted molar refractivity (Wildman–Crippen MR) is 118 cm³/mol. The van der Waals surface area contributed by atoms with Gasteiger partial charge in [-0.3, -0.25) is 14.5 Å². The number of fused-ring (bicyclic) bond motifs is 1. The number of aliphatic hydroxyl groups is 1. The Morgan fingerprint density at radius 1 is 0.839 bits per heavy atom. The number of imide groups is 1. The van der Waals surface area contributed by atoms with E-state index < -0.39 is 23.0 Å². The van der Waals surface area contributed by atoms with E-state index in [0.29, 0.717) is 12.8 Å². The molecule has 31 heavy (non-hydrogen) atoms. The molecule has 1 N–H and O–H groups in total. The first kappa shape index (κ1) is 19.5. The van der Waals surface area contributed by atoms with E-state index in [1.807, 2.05) is 66.7 Å². The summed E-state index contributed by atoms with van der Waals surface area (Å²) in [4.78, 5) is 27.9. The SMILES string of the molecule is CC1(O)CC(c2ccc(C#Cc3ccccc3)cc2)(N2C(=O)C3C=CC=CC3C2=O)C1. The van der Waals surface area contributed by atoms with Gasteiger partial charge in [-0.2, -0.15) is 0 Å². The van der Waals surface area contributed by atoms with E-state index in [4.69, 9.17) is 0 Å². The lowest BCUT2D eigenvalue weighted by molar-refractivity contribution is -0.172. The van der Waals surface area contributed by atoms with E-state index in [-0.39, 0.29) is 11.8 Å². The second-order valence-electron chi connectivity index (χ2n) is 8.91. The maximum Gasteiger partial charge on any atom is 0.238 e. The van der Waals surface area contributed by atoms with Crippen molar-refractivity contribution in [3.05, 3.63) is 95.6 Å². The van der Waals surface area contributed by atoms with E-state index in [1.165, 1.54) is 4.90 Å². The van der Waals surface area contributed by atoms with Crippen molar-refractivity contribution in [3.8, 4) is 11.8 Å². The third kappa shape index (κ3) is 3.22. The summed E-state index contributed by atoms with van der Waals surface area (Å²) in [5, 5.41) is 10.6. The normalized spacial score (nSPS) is 31.1. The Kier molecular flexibility index (Phi) is 4.46. The number of benzene rings is 2. The molecule has 2 fully saturated rings. The molecule has 0 radical (unpaired) electrons. The number of amides is 2. The van der Waals surface area contributed by atoms with Crippen molar-refractivity contribution >= 4 is 11.8 Å². The highest BCUT2D eigenvalue weighted by Crippen LogP contribution is 2.55. The number of carbonyl (C=O) groups excluding carboxylic acids is 2. The summed E-state index contributed by atoms with van der Waals surface area (Å²) in [6, 6.07) is 17.5. The van der Waals surface area contributed by atoms with Gasteiger partial charge in [-0.05, 0) is 36.8 Å². The van der Waals surface area contributed by atoms with Gasteiger partial charge in [0.2, 0.25) is 11.8 Å². The summed E-state index contributed by atoms with van der Waals surface area (Å²) in [7, 11) is 0. The van der Waals surface area contributed by atoms with Crippen LogP contribution < -0.4 is 0 Å². The molecular formula is C27H23NO3. The number of carbonyl (C=O) groups is 2. The van der Waals surface area contributed by atoms with E-state index >= 15 is 0 Å². The molecule has 0 spiro atoms. The van der Waals surface area contributed by atoms with Crippen LogP contribution in [-0.4, -0.2) is 27.4 Å². The van der Waals surface area contributed by atoms with Crippen molar-refractivity contribution in [2.75, 3.05) is 0 Å². The fourth-order valence-electron chi connectivity index (χ4n) is 5.14. The van der Waals surface area contributed by atoms with E-state index in [2.05, 4.69) is 11.8 Å². The molecule has 2 aliphatic carbocycles. The first-order valence-electron chi connectivity index (χ1n) is 10.5. The van der Waals surface area contributed by atoms with Gasteiger partial charge in [-0.25, -0.2) is 0 Å². The lowest BCUT2D eigenvalue weighted by atomic mass is 9.61. The molecule has 2 atom stereocenters. The Balaban J connectivity index is 1.48. The molecule has 0 aromatic heterocycles. The number of hydrogen-bond acceptors (Lipinski definition) is 3. The van der Waals surface area contributed by atoms with Crippen LogP contribution in [0, 0.1) is 23.7 Å². The zero-order chi connectivity index (χ0) is 21.6. The predicted octanol–water partition coefficient (Wildman–Crippen LogP) is 3.55. The molecular weight excluding hydrogens is 386 g/mol. The monoisotopic (exact) mass is 409 g/mol. The number of nitrogens with zero attached hydrogens (tertiary/aromatic N) is 1. The summed E-state index contributed by atoms with van der Waals surface area (Å²) < 4.78 is 0. The quantitative estimate of drug-likeness (QED) is 0.610. The maximum absolute atomic E-state index is 13.2. The number of hydrogen-bond donors (Lipinski definition) is 1. The maximum atomic E-state index is 13.2. The first-order valence-corrected chi connectivity index (χ1v) is 10.5. The molecule has 2 aromatic carbocycles. The van der Waals surface area contributed by atoms with Gasteiger partial charge in [0, 0.05) is 24.0 Å². The molecule has 2 aromatic rings. The van der Waals surface area contributed by atoms with Gasteiger partial charge in [0.25, 0.3) is 0 Å². The fourth-order valence-corrected chi connectivity index (χ4v) is 5.14. The van der Waals surface area contributed by atoms with Gasteiger partial charge in [-0.1, -0.05) is 66.5 Å². The van der Waals surface area contributed by atoms with E-state index in [9.17, 15) is 14.7 Å². The molecule has 0 bridgehead atoms. The minimum atomic E-state index is -0.911. The highest BCUT2D eigenvalue weighted by atomic mass is 16.3. The van der Waals surface area contributed by atoms with Gasteiger partial charge in [0.15, 0.2) is 0 Å². The number of rotatable bonds is 2. The van der Waals surface area contributed by atoms with Gasteiger partial charge in [0.1, 0.15) is 0 Å². The Morgan fingerprint density at radius 2 is 1.35 bits per heavy atom. The third-order valence-electron chi connectivity index (χ3n) is 6.47. The summed E-state index contributed by atoms with van der Waals surface area (Å²) in [5.41, 5.74) is 0.925. The van der Waals surface area contributed by atoms with Gasteiger partial charge >= 0.3 is 0 Å². The smallest absolute Gasteiger partial charge is 0.238 e. The third-order valence-corrected chi connectivity index (χ3v) is 6.47. The Hall–Kier alpha value is -3.42. The van der Waals surface area contributed by atoms with Crippen LogP contribution in [0.5, 0.6) is 0 Å². The van der Waals surface area contributed by atoms with Crippen LogP contribution in [0.1, 0.15) is 36.5 Å². The average Bonchev–Trinajstić information content (AvgIpc) is 3.02.